The second kappa shape index (κ2) is 10.9. The number of carbonyl (C=O) groups is 4. The average Bonchev–Trinajstić information content (AvgIpc) is 3.34. The van der Waals surface area contributed by atoms with E-state index in [1.54, 1.807) is 91.0 Å². The van der Waals surface area contributed by atoms with Crippen molar-refractivity contribution in [3.8, 4) is 12.1 Å². The van der Waals surface area contributed by atoms with Crippen LogP contribution < -0.4 is 0 Å². The van der Waals surface area contributed by atoms with E-state index in [0.717, 1.165) is 9.80 Å². The smallest absolute Gasteiger partial charge is 0.268 e. The van der Waals surface area contributed by atoms with E-state index in [0.29, 0.717) is 6.42 Å². The van der Waals surface area contributed by atoms with Gasteiger partial charge in [0.1, 0.15) is 0 Å². The molecule has 3 aliphatic rings. The number of nitriles is 2. The lowest BCUT2D eigenvalue weighted by molar-refractivity contribution is -0.135. The molecular weight excluding hydrogens is 540 g/mol. The molecule has 8 heteroatoms. The molecule has 0 saturated carbocycles. The summed E-state index contributed by atoms with van der Waals surface area (Å²) < 4.78 is 0. The summed E-state index contributed by atoms with van der Waals surface area (Å²) in [5.74, 6) is -2.94. The van der Waals surface area contributed by atoms with E-state index in [1.165, 1.54) is 12.1 Å². The van der Waals surface area contributed by atoms with Crippen LogP contribution in [0, 0.1) is 22.7 Å². The number of hydrogen-bond donors (Lipinski definition) is 0. The fourth-order valence-electron chi connectivity index (χ4n) is 5.27. The number of hydrogen-bond acceptors (Lipinski definition) is 6. The molecule has 8 nitrogen and oxygen atoms in total. The number of rotatable bonds is 4. The van der Waals surface area contributed by atoms with Gasteiger partial charge in [-0.1, -0.05) is 66.8 Å². The lowest BCUT2D eigenvalue weighted by Gasteiger charge is -2.24. The van der Waals surface area contributed by atoms with Crippen LogP contribution in [0.5, 0.6) is 0 Å². The Morgan fingerprint density at radius 3 is 1.79 bits per heavy atom. The van der Waals surface area contributed by atoms with Gasteiger partial charge in [0.05, 0.1) is 45.8 Å². The van der Waals surface area contributed by atoms with Crippen molar-refractivity contribution in [1.82, 2.24) is 9.80 Å². The Labute approximate surface area is 246 Å². The van der Waals surface area contributed by atoms with Crippen LogP contribution in [-0.2, 0) is 14.4 Å². The maximum absolute atomic E-state index is 14.4. The zero-order chi connectivity index (χ0) is 30.1. The third-order valence-corrected chi connectivity index (χ3v) is 7.19. The molecule has 0 radical (unpaired) electrons. The minimum atomic E-state index is -0.799. The molecule has 3 aromatic carbocycles. The van der Waals surface area contributed by atoms with Gasteiger partial charge >= 0.3 is 0 Å². The minimum absolute atomic E-state index is 0.0214. The lowest BCUT2D eigenvalue weighted by atomic mass is 10.0. The molecule has 1 aliphatic carbocycles. The Kier molecular flexibility index (Phi) is 6.79. The molecule has 4 amide bonds. The summed E-state index contributed by atoms with van der Waals surface area (Å²) in [6.07, 6.45) is 9.13. The number of fused-ring (bicyclic) bond motifs is 1. The monoisotopic (exact) mass is 560 g/mol. The zero-order valence-corrected chi connectivity index (χ0v) is 22.5. The van der Waals surface area contributed by atoms with Gasteiger partial charge in [0, 0.05) is 22.3 Å². The highest BCUT2D eigenvalue weighted by Gasteiger charge is 2.52. The molecule has 3 aromatic rings. The van der Waals surface area contributed by atoms with Crippen molar-refractivity contribution < 1.29 is 19.2 Å². The van der Waals surface area contributed by atoms with Gasteiger partial charge in [-0.05, 0) is 48.9 Å². The third kappa shape index (κ3) is 4.50. The zero-order valence-electron chi connectivity index (χ0n) is 22.5. The van der Waals surface area contributed by atoms with E-state index in [2.05, 4.69) is 0 Å². The van der Waals surface area contributed by atoms with Crippen molar-refractivity contribution in [3.63, 3.8) is 0 Å². The Balaban J connectivity index is 1.66. The van der Waals surface area contributed by atoms with Crippen molar-refractivity contribution in [2.45, 2.75) is 6.42 Å². The summed E-state index contributed by atoms with van der Waals surface area (Å²) in [6, 6.07) is 24.7. The van der Waals surface area contributed by atoms with Crippen molar-refractivity contribution in [2.24, 2.45) is 0 Å². The SMILES string of the molecule is N#Cc1cccc(C2=C3C(=O)N(C(=O)c4ccccc4)C(c4cccc(C#N)c4)=C3C(=O)N2C(=O)C2=CC=CCC=C2)c1. The molecule has 2 heterocycles. The molecule has 0 atom stereocenters. The summed E-state index contributed by atoms with van der Waals surface area (Å²) in [5, 5.41) is 19.2. The number of amides is 4. The number of benzene rings is 3. The fourth-order valence-corrected chi connectivity index (χ4v) is 5.27. The molecule has 0 aromatic heterocycles. The van der Waals surface area contributed by atoms with E-state index < -0.39 is 23.6 Å². The quantitative estimate of drug-likeness (QED) is 0.412. The summed E-state index contributed by atoms with van der Waals surface area (Å²) in [5.41, 5.74) is 1.19. The topological polar surface area (TPSA) is 122 Å². The standard InChI is InChI=1S/C35H20N4O4/c36-20-22-10-8-16-26(18-22)30-28-29(34(42)38(30)32(40)24-12-4-1-2-5-13-24)31(27-17-9-11-23(19-27)21-37)39(35(28)43)33(41)25-14-6-3-7-15-25/h1,3-19H,2H2. The second-order valence-electron chi connectivity index (χ2n) is 9.78. The largest absolute Gasteiger partial charge is 0.268 e. The second-order valence-corrected chi connectivity index (χ2v) is 9.78. The van der Waals surface area contributed by atoms with Crippen LogP contribution in [0.1, 0.15) is 39.0 Å². The van der Waals surface area contributed by atoms with Crippen LogP contribution in [-0.4, -0.2) is 33.4 Å². The molecule has 2 aliphatic heterocycles. The van der Waals surface area contributed by atoms with E-state index in [-0.39, 0.29) is 55.9 Å². The highest BCUT2D eigenvalue weighted by Crippen LogP contribution is 2.47. The maximum atomic E-state index is 14.4. The first-order valence-electron chi connectivity index (χ1n) is 13.3. The predicted molar refractivity (Wildman–Crippen MR) is 157 cm³/mol. The van der Waals surface area contributed by atoms with Gasteiger partial charge in [-0.15, -0.1) is 0 Å². The summed E-state index contributed by atoms with van der Waals surface area (Å²) >= 11 is 0. The fraction of sp³-hybridized carbons (Fsp3) is 0.0286. The molecule has 204 valence electrons. The Hall–Kier alpha value is -6.38. The van der Waals surface area contributed by atoms with Crippen LogP contribution >= 0.6 is 0 Å². The highest BCUT2D eigenvalue weighted by molar-refractivity contribution is 6.38. The maximum Gasteiger partial charge on any atom is 0.268 e. The van der Waals surface area contributed by atoms with Gasteiger partial charge in [0.2, 0.25) is 0 Å². The normalized spacial score (nSPS) is 15.7. The van der Waals surface area contributed by atoms with E-state index >= 15 is 0 Å². The lowest BCUT2D eigenvalue weighted by Crippen LogP contribution is -2.36. The van der Waals surface area contributed by atoms with Crippen LogP contribution in [0.25, 0.3) is 11.4 Å². The number of imide groups is 2. The van der Waals surface area contributed by atoms with Gasteiger partial charge in [-0.3, -0.25) is 19.2 Å². The first-order chi connectivity index (χ1) is 20.9. The molecule has 0 bridgehead atoms. The van der Waals surface area contributed by atoms with Gasteiger partial charge in [-0.2, -0.15) is 10.5 Å². The van der Waals surface area contributed by atoms with Crippen molar-refractivity contribution in [3.05, 3.63) is 154 Å². The first kappa shape index (κ1) is 26.8. The molecule has 0 spiro atoms. The Bertz CT molecular complexity index is 2000. The van der Waals surface area contributed by atoms with Crippen molar-refractivity contribution in [2.75, 3.05) is 0 Å². The van der Waals surface area contributed by atoms with Crippen LogP contribution in [0.3, 0.4) is 0 Å². The van der Waals surface area contributed by atoms with Crippen molar-refractivity contribution >= 4 is 35.0 Å². The van der Waals surface area contributed by atoms with Crippen LogP contribution in [0.15, 0.2) is 126 Å². The van der Waals surface area contributed by atoms with Crippen LogP contribution in [0.2, 0.25) is 0 Å². The van der Waals surface area contributed by atoms with Gasteiger partial charge in [0.25, 0.3) is 23.6 Å². The Morgan fingerprint density at radius 1 is 0.674 bits per heavy atom. The highest BCUT2D eigenvalue weighted by atomic mass is 16.2. The Morgan fingerprint density at radius 2 is 1.23 bits per heavy atom. The van der Waals surface area contributed by atoms with Gasteiger partial charge in [0.15, 0.2) is 0 Å². The minimum Gasteiger partial charge on any atom is -0.268 e. The third-order valence-electron chi connectivity index (χ3n) is 7.19. The molecule has 43 heavy (non-hydrogen) atoms. The summed E-state index contributed by atoms with van der Waals surface area (Å²) in [4.78, 5) is 58.5. The molecular formula is C35H20N4O4. The molecule has 0 unspecified atom stereocenters. The molecule has 0 saturated heterocycles. The molecule has 0 fully saturated rings. The molecule has 6 rings (SSSR count). The van der Waals surface area contributed by atoms with E-state index in [9.17, 15) is 29.7 Å². The number of allylic oxidation sites excluding steroid dienone is 4. The number of carbonyl (C=O) groups excluding carboxylic acids is 4. The number of nitrogens with zero attached hydrogens (tertiary/aromatic N) is 4. The van der Waals surface area contributed by atoms with Crippen molar-refractivity contribution in [1.29, 1.82) is 10.5 Å². The first-order valence-corrected chi connectivity index (χ1v) is 13.3. The van der Waals surface area contributed by atoms with E-state index in [4.69, 9.17) is 0 Å². The van der Waals surface area contributed by atoms with Gasteiger partial charge < -0.3 is 0 Å². The predicted octanol–water partition coefficient (Wildman–Crippen LogP) is 5.05. The summed E-state index contributed by atoms with van der Waals surface area (Å²) in [6.45, 7) is 0. The van der Waals surface area contributed by atoms with Crippen LogP contribution in [0.4, 0.5) is 0 Å². The molecule has 0 N–H and O–H groups in total. The van der Waals surface area contributed by atoms with Gasteiger partial charge in [-0.25, -0.2) is 9.80 Å². The van der Waals surface area contributed by atoms with E-state index in [1.807, 2.05) is 18.2 Å². The summed E-state index contributed by atoms with van der Waals surface area (Å²) in [7, 11) is 0. The average molecular weight is 561 g/mol.